The van der Waals surface area contributed by atoms with E-state index in [9.17, 15) is 0 Å². The van der Waals surface area contributed by atoms with Gasteiger partial charge in [0.15, 0.2) is 0 Å². The standard InChI is InChI=1S/C11H5Br3Cl2S/c12-7-2-1-5(15)3-6(7)10(16)9-4-8(13)11(14)17-9/h1-4,10H. The maximum absolute atomic E-state index is 6.47. The predicted octanol–water partition coefficient (Wildman–Crippen LogP) is 7.02. The van der Waals surface area contributed by atoms with Gasteiger partial charge in [-0.1, -0.05) is 27.5 Å². The van der Waals surface area contributed by atoms with Gasteiger partial charge in [-0.25, -0.2) is 0 Å². The summed E-state index contributed by atoms with van der Waals surface area (Å²) in [6.07, 6.45) is 0. The normalized spacial score (nSPS) is 12.8. The molecule has 0 nitrogen and oxygen atoms in total. The second-order valence-electron chi connectivity index (χ2n) is 3.30. The maximum atomic E-state index is 6.47. The van der Waals surface area contributed by atoms with Crippen LogP contribution in [0.3, 0.4) is 0 Å². The molecule has 90 valence electrons. The Hall–Kier alpha value is 0.940. The molecule has 0 saturated heterocycles. The van der Waals surface area contributed by atoms with Gasteiger partial charge in [0.25, 0.3) is 0 Å². The zero-order chi connectivity index (χ0) is 12.6. The first kappa shape index (κ1) is 14.4. The number of halogens is 5. The van der Waals surface area contributed by atoms with Crippen molar-refractivity contribution >= 4 is 82.3 Å². The lowest BCUT2D eigenvalue weighted by atomic mass is 10.1. The molecule has 1 unspecified atom stereocenters. The molecular weight excluding hydrogens is 475 g/mol. The lowest BCUT2D eigenvalue weighted by Crippen LogP contribution is -1.91. The Morgan fingerprint density at radius 2 is 1.76 bits per heavy atom. The minimum atomic E-state index is -0.212. The van der Waals surface area contributed by atoms with E-state index in [0.717, 1.165) is 23.2 Å². The summed E-state index contributed by atoms with van der Waals surface area (Å²) in [5.74, 6) is 0. The van der Waals surface area contributed by atoms with E-state index in [1.165, 1.54) is 0 Å². The van der Waals surface area contributed by atoms with Crippen LogP contribution >= 0.6 is 82.3 Å². The molecular formula is C11H5Br3Cl2S. The summed E-state index contributed by atoms with van der Waals surface area (Å²) in [6, 6.07) is 7.63. The Labute approximate surface area is 139 Å². The molecule has 0 aliphatic rings. The van der Waals surface area contributed by atoms with Gasteiger partial charge in [-0.2, -0.15) is 0 Å². The Bertz CT molecular complexity index is 534. The van der Waals surface area contributed by atoms with Crippen molar-refractivity contribution in [1.29, 1.82) is 0 Å². The molecule has 1 atom stereocenters. The Kier molecular flexibility index (Phi) is 5.01. The molecule has 1 heterocycles. The van der Waals surface area contributed by atoms with Gasteiger partial charge in [0.1, 0.15) is 0 Å². The zero-order valence-electron chi connectivity index (χ0n) is 8.18. The number of hydrogen-bond donors (Lipinski definition) is 0. The molecule has 0 aliphatic carbocycles. The monoisotopic (exact) mass is 476 g/mol. The highest BCUT2D eigenvalue weighted by atomic mass is 79.9. The van der Waals surface area contributed by atoms with Gasteiger partial charge >= 0.3 is 0 Å². The second-order valence-corrected chi connectivity index (χ2v) is 8.28. The molecule has 0 spiro atoms. The van der Waals surface area contributed by atoms with Gasteiger partial charge in [-0.15, -0.1) is 22.9 Å². The van der Waals surface area contributed by atoms with Crippen LogP contribution < -0.4 is 0 Å². The Balaban J connectivity index is 2.42. The Morgan fingerprint density at radius 1 is 1.06 bits per heavy atom. The van der Waals surface area contributed by atoms with Crippen molar-refractivity contribution in [2.75, 3.05) is 0 Å². The van der Waals surface area contributed by atoms with Crippen LogP contribution in [0.1, 0.15) is 15.8 Å². The van der Waals surface area contributed by atoms with Crippen LogP contribution in [0.25, 0.3) is 0 Å². The predicted molar refractivity (Wildman–Crippen MR) is 86.6 cm³/mol. The fourth-order valence-corrected chi connectivity index (χ4v) is 4.60. The van der Waals surface area contributed by atoms with Crippen molar-refractivity contribution in [3.05, 3.63) is 52.5 Å². The van der Waals surface area contributed by atoms with Crippen molar-refractivity contribution in [3.8, 4) is 0 Å². The van der Waals surface area contributed by atoms with Crippen LogP contribution in [0.15, 0.2) is 37.0 Å². The number of thiophene rings is 1. The molecule has 2 aromatic rings. The first-order valence-corrected chi connectivity index (χ1v) is 8.54. The van der Waals surface area contributed by atoms with Crippen LogP contribution in [-0.2, 0) is 0 Å². The third kappa shape index (κ3) is 3.28. The molecule has 0 fully saturated rings. The first-order chi connectivity index (χ1) is 7.99. The van der Waals surface area contributed by atoms with E-state index >= 15 is 0 Å². The fraction of sp³-hybridized carbons (Fsp3) is 0.0909. The Morgan fingerprint density at radius 3 is 2.35 bits per heavy atom. The first-order valence-electron chi connectivity index (χ1n) is 4.53. The molecule has 17 heavy (non-hydrogen) atoms. The summed E-state index contributed by atoms with van der Waals surface area (Å²) in [7, 11) is 0. The lowest BCUT2D eigenvalue weighted by molar-refractivity contribution is 1.17. The van der Waals surface area contributed by atoms with Crippen molar-refractivity contribution in [3.63, 3.8) is 0 Å². The number of benzene rings is 1. The van der Waals surface area contributed by atoms with E-state index in [-0.39, 0.29) is 5.38 Å². The largest absolute Gasteiger partial charge is 0.130 e. The summed E-state index contributed by atoms with van der Waals surface area (Å²) in [5.41, 5.74) is 0.973. The van der Waals surface area contributed by atoms with E-state index in [1.807, 2.05) is 24.3 Å². The van der Waals surface area contributed by atoms with E-state index < -0.39 is 0 Å². The van der Waals surface area contributed by atoms with Crippen LogP contribution in [0, 0.1) is 0 Å². The summed E-state index contributed by atoms with van der Waals surface area (Å²) < 4.78 is 3.01. The molecule has 0 aliphatic heterocycles. The molecule has 0 radical (unpaired) electrons. The molecule has 6 heteroatoms. The highest BCUT2D eigenvalue weighted by Gasteiger charge is 2.18. The van der Waals surface area contributed by atoms with E-state index in [1.54, 1.807) is 11.3 Å². The summed E-state index contributed by atoms with van der Waals surface area (Å²) in [4.78, 5) is 1.06. The molecule has 0 N–H and O–H groups in total. The van der Waals surface area contributed by atoms with E-state index in [0.29, 0.717) is 5.02 Å². The second kappa shape index (κ2) is 5.93. The maximum Gasteiger partial charge on any atom is 0.0939 e. The zero-order valence-corrected chi connectivity index (χ0v) is 15.3. The van der Waals surface area contributed by atoms with Crippen LogP contribution in [0.5, 0.6) is 0 Å². The summed E-state index contributed by atoms with van der Waals surface area (Å²) in [6.45, 7) is 0. The molecule has 0 saturated carbocycles. The third-order valence-corrected chi connectivity index (χ3v) is 7.02. The van der Waals surface area contributed by atoms with Crippen LogP contribution in [-0.4, -0.2) is 0 Å². The quantitative estimate of drug-likeness (QED) is 0.406. The molecule has 0 bridgehead atoms. The minimum Gasteiger partial charge on any atom is -0.130 e. The van der Waals surface area contributed by atoms with Gasteiger partial charge in [0.05, 0.1) is 9.16 Å². The van der Waals surface area contributed by atoms with Gasteiger partial charge in [0.2, 0.25) is 0 Å². The minimum absolute atomic E-state index is 0.212. The average Bonchev–Trinajstić information content (AvgIpc) is 2.62. The summed E-state index contributed by atoms with van der Waals surface area (Å²) >= 11 is 24.5. The van der Waals surface area contributed by atoms with Gasteiger partial charge in [0, 0.05) is 18.8 Å². The smallest absolute Gasteiger partial charge is 0.0939 e. The molecule has 1 aromatic carbocycles. The highest BCUT2D eigenvalue weighted by Crippen LogP contribution is 2.42. The topological polar surface area (TPSA) is 0 Å². The highest BCUT2D eigenvalue weighted by molar-refractivity contribution is 9.13. The molecule has 1 aromatic heterocycles. The average molecular weight is 480 g/mol. The molecule has 2 rings (SSSR count). The van der Waals surface area contributed by atoms with E-state index in [4.69, 9.17) is 23.2 Å². The van der Waals surface area contributed by atoms with Crippen molar-refractivity contribution in [1.82, 2.24) is 0 Å². The summed E-state index contributed by atoms with van der Waals surface area (Å²) in [5, 5.41) is 0.471. The SMILES string of the molecule is Clc1ccc(Br)c(C(Cl)c2cc(Br)c(Br)s2)c1. The van der Waals surface area contributed by atoms with Crippen LogP contribution in [0.4, 0.5) is 0 Å². The number of alkyl halides is 1. The molecule has 0 amide bonds. The fourth-order valence-electron chi connectivity index (χ4n) is 1.35. The number of rotatable bonds is 2. The van der Waals surface area contributed by atoms with E-state index in [2.05, 4.69) is 47.8 Å². The number of hydrogen-bond acceptors (Lipinski definition) is 1. The van der Waals surface area contributed by atoms with Gasteiger partial charge in [-0.05, 0) is 61.7 Å². The van der Waals surface area contributed by atoms with Crippen LogP contribution in [0.2, 0.25) is 5.02 Å². The van der Waals surface area contributed by atoms with Crippen molar-refractivity contribution < 1.29 is 0 Å². The van der Waals surface area contributed by atoms with Crippen molar-refractivity contribution in [2.24, 2.45) is 0 Å². The van der Waals surface area contributed by atoms with Crippen molar-refractivity contribution in [2.45, 2.75) is 5.38 Å². The van der Waals surface area contributed by atoms with Gasteiger partial charge < -0.3 is 0 Å². The van der Waals surface area contributed by atoms with Gasteiger partial charge in [-0.3, -0.25) is 0 Å². The lowest BCUT2D eigenvalue weighted by Gasteiger charge is -2.10. The third-order valence-electron chi connectivity index (χ3n) is 2.15.